The average Bonchev–Trinajstić information content (AvgIpc) is 3.01. The maximum absolute atomic E-state index is 11.3. The fourth-order valence-electron chi connectivity index (χ4n) is 2.10. The Morgan fingerprint density at radius 1 is 1.29 bits per heavy atom. The second-order valence-corrected chi connectivity index (χ2v) is 4.54. The summed E-state index contributed by atoms with van der Waals surface area (Å²) in [5.41, 5.74) is 0. The number of likely N-dealkylation sites (N-methyl/N-ethyl adjacent to an activating group) is 1. The van der Waals surface area contributed by atoms with Crippen LogP contribution in [0.1, 0.15) is 32.6 Å². The minimum Gasteiger partial charge on any atom is -0.355 e. The van der Waals surface area contributed by atoms with Gasteiger partial charge in [-0.1, -0.05) is 0 Å². The summed E-state index contributed by atoms with van der Waals surface area (Å²) in [6.45, 7) is 3.20. The molecule has 1 amide bonds. The zero-order chi connectivity index (χ0) is 9.97. The summed E-state index contributed by atoms with van der Waals surface area (Å²) < 4.78 is 0. The van der Waals surface area contributed by atoms with E-state index in [1.807, 2.05) is 6.92 Å². The van der Waals surface area contributed by atoms with Gasteiger partial charge in [0.05, 0.1) is 6.54 Å². The summed E-state index contributed by atoms with van der Waals surface area (Å²) in [6.07, 6.45) is 5.46. The maximum atomic E-state index is 11.3. The first-order valence-electron chi connectivity index (χ1n) is 5.81. The van der Waals surface area contributed by atoms with Crippen molar-refractivity contribution in [2.45, 2.75) is 38.6 Å². The Balaban J connectivity index is 1.68. The zero-order valence-corrected chi connectivity index (χ0v) is 8.88. The van der Waals surface area contributed by atoms with Crippen molar-refractivity contribution < 1.29 is 4.79 Å². The van der Waals surface area contributed by atoms with Crippen LogP contribution in [0.2, 0.25) is 0 Å². The van der Waals surface area contributed by atoms with Gasteiger partial charge in [0.2, 0.25) is 5.91 Å². The van der Waals surface area contributed by atoms with E-state index in [2.05, 4.69) is 10.6 Å². The number of hydrogen-bond donors (Lipinski definition) is 2. The molecular weight excluding hydrogens is 176 g/mol. The quantitative estimate of drug-likeness (QED) is 0.662. The highest BCUT2D eigenvalue weighted by Gasteiger charge is 2.41. The van der Waals surface area contributed by atoms with Crippen LogP contribution in [-0.2, 0) is 4.79 Å². The molecule has 2 N–H and O–H groups in total. The molecule has 2 fully saturated rings. The first kappa shape index (κ1) is 9.97. The van der Waals surface area contributed by atoms with Crippen molar-refractivity contribution in [3.8, 4) is 0 Å². The Hall–Kier alpha value is -0.570. The van der Waals surface area contributed by atoms with Crippen molar-refractivity contribution in [3.05, 3.63) is 0 Å². The van der Waals surface area contributed by atoms with E-state index in [0.29, 0.717) is 12.6 Å². The van der Waals surface area contributed by atoms with Gasteiger partial charge in [-0.3, -0.25) is 4.79 Å². The second kappa shape index (κ2) is 4.30. The number of nitrogens with one attached hydrogen (secondary N) is 2. The molecule has 80 valence electrons. The molecule has 0 saturated heterocycles. The van der Waals surface area contributed by atoms with E-state index in [0.717, 1.165) is 18.4 Å². The lowest BCUT2D eigenvalue weighted by Crippen LogP contribution is -2.41. The summed E-state index contributed by atoms with van der Waals surface area (Å²) in [5.74, 6) is 1.88. The minimum atomic E-state index is 0.138. The third kappa shape index (κ3) is 2.71. The lowest BCUT2D eigenvalue weighted by molar-refractivity contribution is -0.120. The van der Waals surface area contributed by atoms with E-state index in [-0.39, 0.29) is 5.91 Å². The van der Waals surface area contributed by atoms with Crippen LogP contribution in [0.5, 0.6) is 0 Å². The standard InChI is InChI=1S/C11H20N2O/c1-2-12-10(14)7-13-11(8-3-4-8)9-5-6-9/h8-9,11,13H,2-7H2,1H3,(H,12,14). The molecule has 0 radical (unpaired) electrons. The number of carbonyl (C=O) groups excluding carboxylic acids is 1. The summed E-state index contributed by atoms with van der Waals surface area (Å²) in [4.78, 5) is 11.3. The molecule has 0 heterocycles. The van der Waals surface area contributed by atoms with E-state index in [1.54, 1.807) is 0 Å². The highest BCUT2D eigenvalue weighted by atomic mass is 16.1. The topological polar surface area (TPSA) is 41.1 Å². The molecule has 0 spiro atoms. The Labute approximate surface area is 85.6 Å². The Bertz CT molecular complexity index is 197. The summed E-state index contributed by atoms with van der Waals surface area (Å²) in [7, 11) is 0. The van der Waals surface area contributed by atoms with Crippen LogP contribution in [0.15, 0.2) is 0 Å². The Morgan fingerprint density at radius 2 is 1.86 bits per heavy atom. The third-order valence-corrected chi connectivity index (χ3v) is 3.13. The van der Waals surface area contributed by atoms with Gasteiger partial charge in [0, 0.05) is 12.6 Å². The first-order chi connectivity index (χ1) is 6.81. The predicted octanol–water partition coefficient (Wildman–Crippen LogP) is 0.901. The largest absolute Gasteiger partial charge is 0.355 e. The molecule has 3 heteroatoms. The molecule has 3 nitrogen and oxygen atoms in total. The molecule has 0 bridgehead atoms. The molecule has 0 aromatic rings. The van der Waals surface area contributed by atoms with Gasteiger partial charge in [0.15, 0.2) is 0 Å². The first-order valence-corrected chi connectivity index (χ1v) is 5.81. The van der Waals surface area contributed by atoms with Crippen LogP contribution < -0.4 is 10.6 Å². The van der Waals surface area contributed by atoms with E-state index >= 15 is 0 Å². The van der Waals surface area contributed by atoms with Crippen LogP contribution in [-0.4, -0.2) is 25.0 Å². The second-order valence-electron chi connectivity index (χ2n) is 4.54. The zero-order valence-electron chi connectivity index (χ0n) is 8.88. The lowest BCUT2D eigenvalue weighted by Gasteiger charge is -2.16. The Kier molecular flexibility index (Phi) is 3.06. The molecule has 2 aliphatic carbocycles. The van der Waals surface area contributed by atoms with Gasteiger partial charge in [0.1, 0.15) is 0 Å². The van der Waals surface area contributed by atoms with Gasteiger partial charge >= 0.3 is 0 Å². The van der Waals surface area contributed by atoms with Gasteiger partial charge in [-0.15, -0.1) is 0 Å². The molecule has 0 aromatic carbocycles. The van der Waals surface area contributed by atoms with Crippen molar-refractivity contribution in [3.63, 3.8) is 0 Å². The molecule has 0 aromatic heterocycles. The monoisotopic (exact) mass is 196 g/mol. The van der Waals surface area contributed by atoms with E-state index < -0.39 is 0 Å². The smallest absolute Gasteiger partial charge is 0.233 e. The number of hydrogen-bond acceptors (Lipinski definition) is 2. The highest BCUT2D eigenvalue weighted by molar-refractivity contribution is 5.77. The fourth-order valence-corrected chi connectivity index (χ4v) is 2.10. The van der Waals surface area contributed by atoms with Crippen molar-refractivity contribution in [2.75, 3.05) is 13.1 Å². The van der Waals surface area contributed by atoms with E-state index in [4.69, 9.17) is 0 Å². The van der Waals surface area contributed by atoms with Crippen LogP contribution in [0.25, 0.3) is 0 Å². The molecule has 0 atom stereocenters. The maximum Gasteiger partial charge on any atom is 0.233 e. The molecule has 14 heavy (non-hydrogen) atoms. The fraction of sp³-hybridized carbons (Fsp3) is 0.909. The van der Waals surface area contributed by atoms with Crippen LogP contribution in [0.4, 0.5) is 0 Å². The van der Waals surface area contributed by atoms with Crippen molar-refractivity contribution in [1.82, 2.24) is 10.6 Å². The molecule has 0 aliphatic heterocycles. The highest BCUT2D eigenvalue weighted by Crippen LogP contribution is 2.44. The molecule has 2 aliphatic rings. The van der Waals surface area contributed by atoms with Gasteiger partial charge in [-0.2, -0.15) is 0 Å². The van der Waals surface area contributed by atoms with E-state index in [9.17, 15) is 4.79 Å². The van der Waals surface area contributed by atoms with Crippen molar-refractivity contribution in [1.29, 1.82) is 0 Å². The molecule has 2 rings (SSSR count). The van der Waals surface area contributed by atoms with Gasteiger partial charge in [-0.25, -0.2) is 0 Å². The number of carbonyl (C=O) groups is 1. The molecule has 0 unspecified atom stereocenters. The predicted molar refractivity (Wildman–Crippen MR) is 55.9 cm³/mol. The third-order valence-electron chi connectivity index (χ3n) is 3.13. The van der Waals surface area contributed by atoms with Crippen molar-refractivity contribution >= 4 is 5.91 Å². The minimum absolute atomic E-state index is 0.138. The van der Waals surface area contributed by atoms with E-state index in [1.165, 1.54) is 25.7 Å². The molecule has 2 saturated carbocycles. The SMILES string of the molecule is CCNC(=O)CNC(C1CC1)C1CC1. The lowest BCUT2D eigenvalue weighted by atomic mass is 10.1. The van der Waals surface area contributed by atoms with Crippen LogP contribution in [0, 0.1) is 11.8 Å². The van der Waals surface area contributed by atoms with Gasteiger partial charge in [0.25, 0.3) is 0 Å². The van der Waals surface area contributed by atoms with Crippen LogP contribution in [0.3, 0.4) is 0 Å². The average molecular weight is 196 g/mol. The van der Waals surface area contributed by atoms with Gasteiger partial charge < -0.3 is 10.6 Å². The summed E-state index contributed by atoms with van der Waals surface area (Å²) >= 11 is 0. The summed E-state index contributed by atoms with van der Waals surface area (Å²) in [6, 6.07) is 0.637. The number of amides is 1. The van der Waals surface area contributed by atoms with Crippen molar-refractivity contribution in [2.24, 2.45) is 11.8 Å². The van der Waals surface area contributed by atoms with Gasteiger partial charge in [-0.05, 0) is 44.4 Å². The normalized spacial score (nSPS) is 21.3. The summed E-state index contributed by atoms with van der Waals surface area (Å²) in [5, 5.41) is 6.23. The van der Waals surface area contributed by atoms with Crippen LogP contribution >= 0.6 is 0 Å². The Morgan fingerprint density at radius 3 is 2.29 bits per heavy atom. The molecular formula is C11H20N2O. The number of rotatable bonds is 6.